The first kappa shape index (κ1) is 14.1. The van der Waals surface area contributed by atoms with Crippen LogP contribution in [0.3, 0.4) is 0 Å². The highest BCUT2D eigenvalue weighted by molar-refractivity contribution is 7.07. The molecule has 106 valence electrons. The summed E-state index contributed by atoms with van der Waals surface area (Å²) in [5, 5.41) is 13.5. The lowest BCUT2D eigenvalue weighted by Crippen LogP contribution is -2.10. The SMILES string of the molecule is CC(Cc1ccsc1)n1c(CCl)nc2c(C#N)cccc21. The van der Waals surface area contributed by atoms with Gasteiger partial charge < -0.3 is 4.57 Å². The van der Waals surface area contributed by atoms with Crippen LogP contribution in [0.1, 0.15) is 29.9 Å². The van der Waals surface area contributed by atoms with Crippen LogP contribution in [0.15, 0.2) is 35.0 Å². The zero-order valence-corrected chi connectivity index (χ0v) is 13.2. The number of hydrogen-bond acceptors (Lipinski definition) is 3. The molecule has 0 aliphatic rings. The van der Waals surface area contributed by atoms with Crippen molar-refractivity contribution in [3.8, 4) is 6.07 Å². The van der Waals surface area contributed by atoms with Gasteiger partial charge in [-0.3, -0.25) is 0 Å². The molecule has 1 aromatic carbocycles. The quantitative estimate of drug-likeness (QED) is 0.665. The lowest BCUT2D eigenvalue weighted by atomic mass is 10.1. The van der Waals surface area contributed by atoms with E-state index in [0.29, 0.717) is 11.4 Å². The predicted octanol–water partition coefficient (Wildman–Crippen LogP) is 4.51. The third-order valence-electron chi connectivity index (χ3n) is 3.59. The van der Waals surface area contributed by atoms with Crippen LogP contribution in [0.25, 0.3) is 11.0 Å². The minimum atomic E-state index is 0.243. The van der Waals surface area contributed by atoms with Gasteiger partial charge in [0, 0.05) is 6.04 Å². The van der Waals surface area contributed by atoms with Crippen molar-refractivity contribution < 1.29 is 0 Å². The first-order valence-corrected chi connectivity index (χ1v) is 8.19. The van der Waals surface area contributed by atoms with Crippen molar-refractivity contribution in [2.24, 2.45) is 0 Å². The number of rotatable bonds is 4. The number of hydrogen-bond donors (Lipinski definition) is 0. The fourth-order valence-electron chi connectivity index (χ4n) is 2.68. The largest absolute Gasteiger partial charge is 0.324 e. The van der Waals surface area contributed by atoms with Gasteiger partial charge in [0.2, 0.25) is 0 Å². The Morgan fingerprint density at radius 1 is 1.43 bits per heavy atom. The number of thiophene rings is 1. The molecule has 1 unspecified atom stereocenters. The van der Waals surface area contributed by atoms with E-state index in [0.717, 1.165) is 23.3 Å². The topological polar surface area (TPSA) is 41.6 Å². The summed E-state index contributed by atoms with van der Waals surface area (Å²) in [5.74, 6) is 1.16. The third-order valence-corrected chi connectivity index (χ3v) is 4.56. The molecule has 3 rings (SSSR count). The molecule has 0 N–H and O–H groups in total. The number of fused-ring (bicyclic) bond motifs is 1. The van der Waals surface area contributed by atoms with Gasteiger partial charge in [-0.15, -0.1) is 11.6 Å². The van der Waals surface area contributed by atoms with Crippen molar-refractivity contribution in [1.82, 2.24) is 9.55 Å². The fraction of sp³-hybridized carbons (Fsp3) is 0.250. The second-order valence-electron chi connectivity index (χ2n) is 5.00. The van der Waals surface area contributed by atoms with Crippen molar-refractivity contribution >= 4 is 34.0 Å². The Bertz CT molecular complexity index is 799. The molecule has 5 heteroatoms. The van der Waals surface area contributed by atoms with Gasteiger partial charge in [-0.1, -0.05) is 6.07 Å². The maximum atomic E-state index is 9.22. The molecule has 0 radical (unpaired) electrons. The molecule has 21 heavy (non-hydrogen) atoms. The summed E-state index contributed by atoms with van der Waals surface area (Å²) >= 11 is 7.77. The van der Waals surface area contributed by atoms with Gasteiger partial charge in [-0.2, -0.15) is 16.6 Å². The number of aromatic nitrogens is 2. The highest BCUT2D eigenvalue weighted by Gasteiger charge is 2.17. The number of alkyl halides is 1. The summed E-state index contributed by atoms with van der Waals surface area (Å²) < 4.78 is 2.15. The van der Waals surface area contributed by atoms with Crippen LogP contribution in [0, 0.1) is 11.3 Å². The van der Waals surface area contributed by atoms with Gasteiger partial charge in [0.15, 0.2) is 0 Å². The van der Waals surface area contributed by atoms with Gasteiger partial charge >= 0.3 is 0 Å². The highest BCUT2D eigenvalue weighted by Crippen LogP contribution is 2.27. The summed E-state index contributed by atoms with van der Waals surface area (Å²) in [6.45, 7) is 2.16. The van der Waals surface area contributed by atoms with Crippen LogP contribution in [0.5, 0.6) is 0 Å². The second kappa shape index (κ2) is 5.88. The standard InChI is InChI=1S/C16H14ClN3S/c1-11(7-12-5-6-21-10-12)20-14-4-2-3-13(9-18)16(14)19-15(20)8-17/h2-6,10-11H,7-8H2,1H3. The molecule has 0 aliphatic carbocycles. The average molecular weight is 316 g/mol. The molecule has 0 bridgehead atoms. The fourth-order valence-corrected chi connectivity index (χ4v) is 3.55. The molecular formula is C16H14ClN3S. The van der Waals surface area contributed by atoms with Crippen molar-refractivity contribution in [2.45, 2.75) is 25.3 Å². The van der Waals surface area contributed by atoms with Crippen LogP contribution < -0.4 is 0 Å². The Balaban J connectivity index is 2.10. The number of benzene rings is 1. The molecule has 0 fully saturated rings. The molecule has 0 aliphatic heterocycles. The van der Waals surface area contributed by atoms with Crippen LogP contribution >= 0.6 is 22.9 Å². The highest BCUT2D eigenvalue weighted by atomic mass is 35.5. The van der Waals surface area contributed by atoms with Gasteiger partial charge in [0.05, 0.1) is 17.0 Å². The first-order valence-electron chi connectivity index (χ1n) is 6.71. The van der Waals surface area contributed by atoms with E-state index in [-0.39, 0.29) is 6.04 Å². The number of nitriles is 1. The molecule has 2 heterocycles. The molecule has 2 aromatic heterocycles. The summed E-state index contributed by atoms with van der Waals surface area (Å²) in [6.07, 6.45) is 0.926. The first-order chi connectivity index (χ1) is 10.2. The Hall–Kier alpha value is -1.83. The normalized spacial score (nSPS) is 12.4. The maximum absolute atomic E-state index is 9.22. The molecular weight excluding hydrogens is 302 g/mol. The van der Waals surface area contributed by atoms with Crippen molar-refractivity contribution in [3.05, 3.63) is 52.0 Å². The van der Waals surface area contributed by atoms with Crippen LogP contribution in [-0.2, 0) is 12.3 Å². The van der Waals surface area contributed by atoms with Gasteiger partial charge in [-0.25, -0.2) is 4.98 Å². The Morgan fingerprint density at radius 3 is 2.95 bits per heavy atom. The molecule has 0 saturated carbocycles. The Morgan fingerprint density at radius 2 is 2.29 bits per heavy atom. The van der Waals surface area contributed by atoms with Crippen molar-refractivity contribution in [1.29, 1.82) is 5.26 Å². The Labute approximate surface area is 132 Å². The lowest BCUT2D eigenvalue weighted by Gasteiger charge is -2.16. The molecule has 3 nitrogen and oxygen atoms in total. The lowest BCUT2D eigenvalue weighted by molar-refractivity contribution is 0.544. The smallest absolute Gasteiger partial charge is 0.125 e. The zero-order chi connectivity index (χ0) is 14.8. The van der Waals surface area contributed by atoms with E-state index in [4.69, 9.17) is 11.6 Å². The molecule has 0 amide bonds. The summed E-state index contributed by atoms with van der Waals surface area (Å²) in [4.78, 5) is 4.56. The van der Waals surface area contributed by atoms with E-state index in [2.05, 4.69) is 39.4 Å². The van der Waals surface area contributed by atoms with Gasteiger partial charge in [0.1, 0.15) is 17.4 Å². The van der Waals surface area contributed by atoms with Crippen molar-refractivity contribution in [2.75, 3.05) is 0 Å². The van der Waals surface area contributed by atoms with Gasteiger partial charge in [0.25, 0.3) is 0 Å². The average Bonchev–Trinajstić information content (AvgIpc) is 3.12. The zero-order valence-electron chi connectivity index (χ0n) is 11.6. The van der Waals surface area contributed by atoms with Crippen LogP contribution in [0.4, 0.5) is 0 Å². The monoisotopic (exact) mass is 315 g/mol. The van der Waals surface area contributed by atoms with E-state index < -0.39 is 0 Å². The molecule has 0 saturated heterocycles. The third kappa shape index (κ3) is 2.55. The van der Waals surface area contributed by atoms with Gasteiger partial charge in [-0.05, 0) is 47.9 Å². The summed E-state index contributed by atoms with van der Waals surface area (Å²) in [5.41, 5.74) is 3.63. The number of halogens is 1. The molecule has 0 spiro atoms. The van der Waals surface area contributed by atoms with E-state index in [1.165, 1.54) is 5.56 Å². The summed E-state index contributed by atoms with van der Waals surface area (Å²) in [6, 6.07) is 10.3. The van der Waals surface area contributed by atoms with E-state index in [9.17, 15) is 5.26 Å². The number of para-hydroxylation sites is 1. The molecule has 1 atom stereocenters. The number of imidazole rings is 1. The minimum absolute atomic E-state index is 0.243. The minimum Gasteiger partial charge on any atom is -0.324 e. The Kier molecular flexibility index (Phi) is 3.96. The molecule has 3 aromatic rings. The number of nitrogens with zero attached hydrogens (tertiary/aromatic N) is 3. The maximum Gasteiger partial charge on any atom is 0.125 e. The van der Waals surface area contributed by atoms with E-state index in [1.54, 1.807) is 17.4 Å². The van der Waals surface area contributed by atoms with Crippen molar-refractivity contribution in [3.63, 3.8) is 0 Å². The van der Waals surface area contributed by atoms with E-state index in [1.807, 2.05) is 12.1 Å². The van der Waals surface area contributed by atoms with Crippen LogP contribution in [0.2, 0.25) is 0 Å². The van der Waals surface area contributed by atoms with E-state index >= 15 is 0 Å². The van der Waals surface area contributed by atoms with Crippen LogP contribution in [-0.4, -0.2) is 9.55 Å². The second-order valence-corrected chi connectivity index (χ2v) is 6.05. The summed E-state index contributed by atoms with van der Waals surface area (Å²) in [7, 11) is 0. The predicted molar refractivity (Wildman–Crippen MR) is 86.7 cm³/mol.